The molecule has 0 fully saturated rings. The molecule has 0 aromatic heterocycles. The van der Waals surface area contributed by atoms with Crippen LogP contribution in [0.3, 0.4) is 0 Å². The zero-order chi connectivity index (χ0) is 10.4. The molecule has 0 heterocycles. The van der Waals surface area contributed by atoms with Gasteiger partial charge in [0.25, 0.3) is 0 Å². The van der Waals surface area contributed by atoms with Crippen LogP contribution < -0.4 is 11.3 Å². The van der Waals surface area contributed by atoms with E-state index in [9.17, 15) is 0 Å². The number of hydrazine groups is 1. The van der Waals surface area contributed by atoms with Gasteiger partial charge in [-0.25, -0.2) is 0 Å². The van der Waals surface area contributed by atoms with Crippen molar-refractivity contribution in [3.05, 3.63) is 33.4 Å². The minimum atomic E-state index is 0.294. The number of nitrogens with one attached hydrogen (secondary N) is 1. The maximum Gasteiger partial charge on any atom is 0.0470 e. The molecule has 0 aliphatic carbocycles. The Balaban J connectivity index is 2.73. The lowest BCUT2D eigenvalue weighted by Crippen LogP contribution is -2.28. The summed E-state index contributed by atoms with van der Waals surface area (Å²) in [7, 11) is 0. The summed E-state index contributed by atoms with van der Waals surface area (Å²) in [5.41, 5.74) is 4.20. The normalized spacial score (nSPS) is 12.8. The van der Waals surface area contributed by atoms with Gasteiger partial charge in [0.1, 0.15) is 0 Å². The molecule has 0 spiro atoms. The lowest BCUT2D eigenvalue weighted by Gasteiger charge is -2.17. The van der Waals surface area contributed by atoms with Crippen LogP contribution in [0, 0.1) is 3.57 Å². The highest BCUT2D eigenvalue weighted by Crippen LogP contribution is 2.23. The van der Waals surface area contributed by atoms with Crippen molar-refractivity contribution in [3.63, 3.8) is 0 Å². The Morgan fingerprint density at radius 3 is 2.71 bits per heavy atom. The van der Waals surface area contributed by atoms with Crippen LogP contribution in [0.1, 0.15) is 37.8 Å². The smallest absolute Gasteiger partial charge is 0.0470 e. The van der Waals surface area contributed by atoms with Gasteiger partial charge in [0.05, 0.1) is 0 Å². The first-order valence-electron chi connectivity index (χ1n) is 5.00. The molecule has 3 heteroatoms. The molecule has 0 radical (unpaired) electrons. The van der Waals surface area contributed by atoms with E-state index in [1.54, 1.807) is 0 Å². The van der Waals surface area contributed by atoms with Crippen molar-refractivity contribution in [2.45, 2.75) is 32.2 Å². The summed E-state index contributed by atoms with van der Waals surface area (Å²) in [6, 6.07) is 8.67. The van der Waals surface area contributed by atoms with Gasteiger partial charge >= 0.3 is 0 Å². The van der Waals surface area contributed by atoms with Crippen LogP contribution in [0.15, 0.2) is 24.3 Å². The zero-order valence-corrected chi connectivity index (χ0v) is 10.6. The van der Waals surface area contributed by atoms with E-state index in [2.05, 4.69) is 59.2 Å². The molecular weight excluding hydrogens is 287 g/mol. The first-order valence-corrected chi connectivity index (χ1v) is 6.08. The molecular formula is C11H17IN2. The lowest BCUT2D eigenvalue weighted by atomic mass is 10.0. The van der Waals surface area contributed by atoms with Crippen LogP contribution in [0.2, 0.25) is 0 Å². The van der Waals surface area contributed by atoms with Gasteiger partial charge in [-0.3, -0.25) is 11.3 Å². The number of rotatable bonds is 5. The minimum Gasteiger partial charge on any atom is -0.271 e. The highest BCUT2D eigenvalue weighted by molar-refractivity contribution is 14.1. The standard InChI is InChI=1S/C11H17IN2/c1-2-3-8-11(14-13)9-6-4-5-7-10(9)12/h4-7,11,14H,2-3,8,13H2,1H3. The number of halogens is 1. The molecule has 1 atom stereocenters. The third-order valence-electron chi connectivity index (χ3n) is 2.33. The SMILES string of the molecule is CCCCC(NN)c1ccccc1I. The summed E-state index contributed by atoms with van der Waals surface area (Å²) in [5.74, 6) is 5.56. The number of hydrogen-bond acceptors (Lipinski definition) is 2. The third-order valence-corrected chi connectivity index (χ3v) is 3.31. The second-order valence-electron chi connectivity index (χ2n) is 3.38. The second-order valence-corrected chi connectivity index (χ2v) is 4.55. The zero-order valence-electron chi connectivity index (χ0n) is 8.46. The van der Waals surface area contributed by atoms with Gasteiger partial charge in [-0.1, -0.05) is 38.0 Å². The van der Waals surface area contributed by atoms with Crippen molar-refractivity contribution < 1.29 is 0 Å². The Hall–Kier alpha value is -0.130. The molecule has 1 rings (SSSR count). The third kappa shape index (κ3) is 3.22. The van der Waals surface area contributed by atoms with Gasteiger partial charge in [-0.2, -0.15) is 0 Å². The molecule has 0 aliphatic rings. The van der Waals surface area contributed by atoms with Gasteiger partial charge < -0.3 is 0 Å². The van der Waals surface area contributed by atoms with Gasteiger partial charge in [-0.05, 0) is 40.6 Å². The predicted octanol–water partition coefficient (Wildman–Crippen LogP) is 2.99. The Morgan fingerprint density at radius 2 is 2.14 bits per heavy atom. The number of unbranched alkanes of at least 4 members (excludes halogenated alkanes) is 1. The number of hydrogen-bond donors (Lipinski definition) is 2. The van der Waals surface area contributed by atoms with Crippen molar-refractivity contribution in [2.75, 3.05) is 0 Å². The highest BCUT2D eigenvalue weighted by Gasteiger charge is 2.10. The molecule has 1 aromatic rings. The highest BCUT2D eigenvalue weighted by atomic mass is 127. The number of nitrogens with two attached hydrogens (primary N) is 1. The monoisotopic (exact) mass is 304 g/mol. The second kappa shape index (κ2) is 6.37. The molecule has 1 aromatic carbocycles. The molecule has 0 saturated heterocycles. The van der Waals surface area contributed by atoms with Gasteiger partial charge in [0.15, 0.2) is 0 Å². The van der Waals surface area contributed by atoms with E-state index in [-0.39, 0.29) is 0 Å². The maximum absolute atomic E-state index is 5.56. The summed E-state index contributed by atoms with van der Waals surface area (Å²) < 4.78 is 1.28. The molecule has 14 heavy (non-hydrogen) atoms. The van der Waals surface area contributed by atoms with Crippen molar-refractivity contribution in [1.29, 1.82) is 0 Å². The van der Waals surface area contributed by atoms with E-state index in [1.807, 2.05) is 0 Å². The molecule has 0 amide bonds. The first kappa shape index (κ1) is 11.9. The quantitative estimate of drug-likeness (QED) is 0.498. The minimum absolute atomic E-state index is 0.294. The lowest BCUT2D eigenvalue weighted by molar-refractivity contribution is 0.493. The van der Waals surface area contributed by atoms with Crippen LogP contribution in [-0.4, -0.2) is 0 Å². The van der Waals surface area contributed by atoms with Gasteiger partial charge in [-0.15, -0.1) is 0 Å². The molecule has 78 valence electrons. The summed E-state index contributed by atoms with van der Waals surface area (Å²) in [4.78, 5) is 0. The van der Waals surface area contributed by atoms with Gasteiger partial charge in [0.2, 0.25) is 0 Å². The van der Waals surface area contributed by atoms with E-state index in [1.165, 1.54) is 22.0 Å². The summed E-state index contributed by atoms with van der Waals surface area (Å²) in [5, 5.41) is 0. The fraction of sp³-hybridized carbons (Fsp3) is 0.455. The topological polar surface area (TPSA) is 38.0 Å². The van der Waals surface area contributed by atoms with E-state index in [4.69, 9.17) is 5.84 Å². The van der Waals surface area contributed by atoms with E-state index >= 15 is 0 Å². The Bertz CT molecular complexity index is 276. The van der Waals surface area contributed by atoms with Crippen LogP contribution in [0.5, 0.6) is 0 Å². The van der Waals surface area contributed by atoms with Gasteiger partial charge in [0, 0.05) is 9.61 Å². The van der Waals surface area contributed by atoms with Crippen molar-refractivity contribution >= 4 is 22.6 Å². The van der Waals surface area contributed by atoms with Crippen molar-refractivity contribution in [3.8, 4) is 0 Å². The molecule has 0 saturated carbocycles. The Labute approximate surface area is 99.4 Å². The molecule has 1 unspecified atom stereocenters. The summed E-state index contributed by atoms with van der Waals surface area (Å²) in [6.45, 7) is 2.20. The summed E-state index contributed by atoms with van der Waals surface area (Å²) in [6.07, 6.45) is 3.52. The maximum atomic E-state index is 5.56. The van der Waals surface area contributed by atoms with Crippen molar-refractivity contribution in [1.82, 2.24) is 5.43 Å². The predicted molar refractivity (Wildman–Crippen MR) is 68.7 cm³/mol. The Kier molecular flexibility index (Phi) is 5.44. The molecule has 0 bridgehead atoms. The number of benzene rings is 1. The fourth-order valence-electron chi connectivity index (χ4n) is 1.49. The van der Waals surface area contributed by atoms with E-state index in [0.717, 1.165) is 6.42 Å². The van der Waals surface area contributed by atoms with Crippen LogP contribution >= 0.6 is 22.6 Å². The van der Waals surface area contributed by atoms with E-state index < -0.39 is 0 Å². The molecule has 2 nitrogen and oxygen atoms in total. The van der Waals surface area contributed by atoms with Crippen molar-refractivity contribution in [2.24, 2.45) is 5.84 Å². The first-order chi connectivity index (χ1) is 6.79. The van der Waals surface area contributed by atoms with Crippen LogP contribution in [0.25, 0.3) is 0 Å². The summed E-state index contributed by atoms with van der Waals surface area (Å²) >= 11 is 2.36. The molecule has 0 aliphatic heterocycles. The fourth-order valence-corrected chi connectivity index (χ4v) is 2.26. The Morgan fingerprint density at radius 1 is 1.43 bits per heavy atom. The average Bonchev–Trinajstić information content (AvgIpc) is 2.21. The average molecular weight is 304 g/mol. The van der Waals surface area contributed by atoms with Crippen LogP contribution in [0.4, 0.5) is 0 Å². The largest absolute Gasteiger partial charge is 0.271 e. The van der Waals surface area contributed by atoms with E-state index in [0.29, 0.717) is 6.04 Å². The van der Waals surface area contributed by atoms with Crippen LogP contribution in [-0.2, 0) is 0 Å². The molecule has 3 N–H and O–H groups in total.